The molecule has 15 heavy (non-hydrogen) atoms. The predicted molar refractivity (Wildman–Crippen MR) is 59.6 cm³/mol. The van der Waals surface area contributed by atoms with Gasteiger partial charge in [-0.3, -0.25) is 4.79 Å². The summed E-state index contributed by atoms with van der Waals surface area (Å²) in [6.07, 6.45) is 6.58. The van der Waals surface area contributed by atoms with E-state index in [2.05, 4.69) is 20.8 Å². The molecule has 1 aromatic heterocycles. The Kier molecular flexibility index (Phi) is 4.25. The molecule has 0 aromatic carbocycles. The minimum absolute atomic E-state index is 0.0315. The van der Waals surface area contributed by atoms with E-state index in [1.165, 1.54) is 0 Å². The third-order valence-corrected chi connectivity index (χ3v) is 2.88. The number of nitrogens with one attached hydrogen (secondary N) is 1. The number of hydrogen-bond acceptors (Lipinski definition) is 4. The van der Waals surface area contributed by atoms with Crippen LogP contribution in [0.15, 0.2) is 0 Å². The number of aryl methyl sites for hydroxylation is 1. The first-order valence-electron chi connectivity index (χ1n) is 4.72. The van der Waals surface area contributed by atoms with E-state index in [4.69, 9.17) is 6.42 Å². The van der Waals surface area contributed by atoms with E-state index in [1.54, 1.807) is 6.92 Å². The predicted octanol–water partition coefficient (Wildman–Crippen LogP) is 1.38. The van der Waals surface area contributed by atoms with Gasteiger partial charge in [0.05, 0.1) is 5.69 Å². The first kappa shape index (κ1) is 11.7. The molecule has 1 heterocycles. The topological polar surface area (TPSA) is 54.9 Å². The average molecular weight is 223 g/mol. The number of carbonyl (C=O) groups excluding carboxylic acids is 1. The first-order chi connectivity index (χ1) is 7.19. The van der Waals surface area contributed by atoms with Gasteiger partial charge in [-0.2, -0.15) is 0 Å². The Labute approximate surface area is 93.3 Å². The first-order valence-corrected chi connectivity index (χ1v) is 5.49. The van der Waals surface area contributed by atoms with Crippen LogP contribution in [0, 0.1) is 19.3 Å². The van der Waals surface area contributed by atoms with Crippen LogP contribution in [0.1, 0.15) is 35.1 Å². The van der Waals surface area contributed by atoms with Crippen LogP contribution in [-0.4, -0.2) is 21.5 Å². The van der Waals surface area contributed by atoms with Crippen LogP contribution in [-0.2, 0) is 0 Å². The lowest BCUT2D eigenvalue weighted by atomic mass is 10.1. The fourth-order valence-corrected chi connectivity index (χ4v) is 1.69. The van der Waals surface area contributed by atoms with Gasteiger partial charge in [-0.05, 0) is 24.9 Å². The minimum Gasteiger partial charge on any atom is -0.348 e. The Morgan fingerprint density at radius 3 is 2.93 bits per heavy atom. The molecule has 0 fully saturated rings. The van der Waals surface area contributed by atoms with Crippen molar-refractivity contribution in [3.63, 3.8) is 0 Å². The molecule has 1 rings (SSSR count). The summed E-state index contributed by atoms with van der Waals surface area (Å²) in [4.78, 5) is 12.3. The van der Waals surface area contributed by atoms with Crippen molar-refractivity contribution >= 4 is 17.4 Å². The summed E-state index contributed by atoms with van der Waals surface area (Å²) < 4.78 is 3.71. The van der Waals surface area contributed by atoms with Gasteiger partial charge in [0.2, 0.25) is 0 Å². The van der Waals surface area contributed by atoms with Gasteiger partial charge in [-0.25, -0.2) is 0 Å². The van der Waals surface area contributed by atoms with E-state index < -0.39 is 0 Å². The van der Waals surface area contributed by atoms with E-state index in [0.29, 0.717) is 17.0 Å². The number of hydrogen-bond donors (Lipinski definition) is 1. The second-order valence-corrected chi connectivity index (χ2v) is 3.93. The van der Waals surface area contributed by atoms with Crippen LogP contribution in [0.2, 0.25) is 0 Å². The van der Waals surface area contributed by atoms with E-state index >= 15 is 0 Å². The quantitative estimate of drug-likeness (QED) is 0.784. The smallest absolute Gasteiger partial charge is 0.265 e. The van der Waals surface area contributed by atoms with Crippen molar-refractivity contribution in [2.24, 2.45) is 0 Å². The number of nitrogens with zero attached hydrogens (tertiary/aromatic N) is 2. The second kappa shape index (κ2) is 5.47. The van der Waals surface area contributed by atoms with Crippen LogP contribution in [0.5, 0.6) is 0 Å². The summed E-state index contributed by atoms with van der Waals surface area (Å²) >= 11 is 1.10. The zero-order valence-electron chi connectivity index (χ0n) is 8.78. The van der Waals surface area contributed by atoms with Gasteiger partial charge in [-0.15, -0.1) is 17.4 Å². The molecule has 0 spiro atoms. The van der Waals surface area contributed by atoms with Crippen LogP contribution in [0.4, 0.5) is 0 Å². The molecule has 1 atom stereocenters. The average Bonchev–Trinajstić information content (AvgIpc) is 2.63. The maximum Gasteiger partial charge on any atom is 0.265 e. The zero-order valence-corrected chi connectivity index (χ0v) is 9.60. The third kappa shape index (κ3) is 3.03. The van der Waals surface area contributed by atoms with Gasteiger partial charge in [0, 0.05) is 12.5 Å². The Bertz CT molecular complexity index is 380. The van der Waals surface area contributed by atoms with Crippen molar-refractivity contribution in [3.8, 4) is 12.3 Å². The molecule has 0 radical (unpaired) electrons. The van der Waals surface area contributed by atoms with Crippen molar-refractivity contribution in [2.75, 3.05) is 0 Å². The van der Waals surface area contributed by atoms with Crippen LogP contribution < -0.4 is 5.32 Å². The molecule has 1 unspecified atom stereocenters. The molecular weight excluding hydrogens is 210 g/mol. The summed E-state index contributed by atoms with van der Waals surface area (Å²) in [6, 6.07) is 0.0315. The zero-order chi connectivity index (χ0) is 11.3. The molecule has 0 saturated heterocycles. The van der Waals surface area contributed by atoms with Crippen LogP contribution in [0.25, 0.3) is 0 Å². The van der Waals surface area contributed by atoms with Crippen molar-refractivity contribution in [3.05, 3.63) is 10.6 Å². The fourth-order valence-electron chi connectivity index (χ4n) is 1.13. The molecule has 1 aromatic rings. The van der Waals surface area contributed by atoms with E-state index in [1.807, 2.05) is 6.92 Å². The van der Waals surface area contributed by atoms with E-state index in [0.717, 1.165) is 18.0 Å². The normalized spacial score (nSPS) is 11.8. The fraction of sp³-hybridized carbons (Fsp3) is 0.500. The van der Waals surface area contributed by atoms with Gasteiger partial charge in [-0.1, -0.05) is 11.4 Å². The molecule has 0 aliphatic heterocycles. The van der Waals surface area contributed by atoms with Crippen molar-refractivity contribution in [1.29, 1.82) is 0 Å². The Morgan fingerprint density at radius 1 is 1.73 bits per heavy atom. The van der Waals surface area contributed by atoms with E-state index in [9.17, 15) is 4.79 Å². The Hall–Kier alpha value is -1.41. The molecule has 5 heteroatoms. The van der Waals surface area contributed by atoms with Crippen LogP contribution >= 0.6 is 11.5 Å². The summed E-state index contributed by atoms with van der Waals surface area (Å²) in [5, 5.41) is 6.64. The van der Waals surface area contributed by atoms with Gasteiger partial charge in [0.15, 0.2) is 0 Å². The van der Waals surface area contributed by atoms with Gasteiger partial charge in [0.25, 0.3) is 5.91 Å². The molecule has 0 saturated carbocycles. The largest absolute Gasteiger partial charge is 0.348 e. The molecule has 4 nitrogen and oxygen atoms in total. The highest BCUT2D eigenvalue weighted by Gasteiger charge is 2.15. The molecule has 1 amide bonds. The molecule has 0 aliphatic carbocycles. The molecule has 0 bridgehead atoms. The molecule has 0 aliphatic rings. The van der Waals surface area contributed by atoms with Crippen LogP contribution in [0.3, 0.4) is 0 Å². The summed E-state index contributed by atoms with van der Waals surface area (Å²) in [6.45, 7) is 3.75. The highest BCUT2D eigenvalue weighted by Crippen LogP contribution is 2.09. The highest BCUT2D eigenvalue weighted by molar-refractivity contribution is 7.07. The lowest BCUT2D eigenvalue weighted by Crippen LogP contribution is -2.33. The number of aromatic nitrogens is 2. The molecule has 1 N–H and O–H groups in total. The number of terminal acetylenes is 1. The lowest BCUT2D eigenvalue weighted by molar-refractivity contribution is 0.0940. The monoisotopic (exact) mass is 223 g/mol. The Balaban J connectivity index is 2.63. The molecular formula is C10H13N3OS. The number of rotatable bonds is 4. The second-order valence-electron chi connectivity index (χ2n) is 3.17. The third-order valence-electron chi connectivity index (χ3n) is 2.05. The maximum absolute atomic E-state index is 11.7. The van der Waals surface area contributed by atoms with Crippen molar-refractivity contribution in [2.45, 2.75) is 32.7 Å². The van der Waals surface area contributed by atoms with Crippen molar-refractivity contribution < 1.29 is 4.79 Å². The maximum atomic E-state index is 11.7. The summed E-state index contributed by atoms with van der Waals surface area (Å²) in [7, 11) is 0. The van der Waals surface area contributed by atoms with E-state index in [-0.39, 0.29) is 11.9 Å². The SMILES string of the molecule is C#CCC(CC)NC(=O)c1snnc1C. The summed E-state index contributed by atoms with van der Waals surface area (Å²) in [5.41, 5.74) is 0.660. The van der Waals surface area contributed by atoms with Gasteiger partial charge >= 0.3 is 0 Å². The van der Waals surface area contributed by atoms with Gasteiger partial charge < -0.3 is 5.32 Å². The van der Waals surface area contributed by atoms with Gasteiger partial charge in [0.1, 0.15) is 4.88 Å². The number of amides is 1. The van der Waals surface area contributed by atoms with Crippen molar-refractivity contribution in [1.82, 2.24) is 14.9 Å². The minimum atomic E-state index is -0.135. The summed E-state index contributed by atoms with van der Waals surface area (Å²) in [5.74, 6) is 2.41. The lowest BCUT2D eigenvalue weighted by Gasteiger charge is -2.12. The number of carbonyl (C=O) groups is 1. The Morgan fingerprint density at radius 2 is 2.47 bits per heavy atom. The highest BCUT2D eigenvalue weighted by atomic mass is 32.1. The molecule has 80 valence electrons. The standard InChI is InChI=1S/C10H13N3OS/c1-4-6-8(5-2)11-10(14)9-7(3)12-13-15-9/h1,8H,5-6H2,2-3H3,(H,11,14).